The second-order valence-electron chi connectivity index (χ2n) is 7.05. The molecule has 0 fully saturated rings. The number of hydrogen-bond donors (Lipinski definition) is 1. The third-order valence-electron chi connectivity index (χ3n) is 4.93. The first kappa shape index (κ1) is 22.7. The highest BCUT2D eigenvalue weighted by atomic mass is 19.1. The number of hydrogen-bond acceptors (Lipinski definition) is 6. The van der Waals surface area contributed by atoms with Crippen LogP contribution in [-0.2, 0) is 9.53 Å². The zero-order valence-electron chi connectivity index (χ0n) is 18.1. The molecule has 1 aliphatic rings. The van der Waals surface area contributed by atoms with Crippen LogP contribution in [0.1, 0.15) is 21.5 Å². The number of para-hydroxylation sites is 1. The number of aliphatic imine (C=N–C) groups is 1. The Labute approximate surface area is 193 Å². The molecule has 34 heavy (non-hydrogen) atoms. The predicted molar refractivity (Wildman–Crippen MR) is 121 cm³/mol. The van der Waals surface area contributed by atoms with Crippen molar-refractivity contribution >= 4 is 29.5 Å². The van der Waals surface area contributed by atoms with Gasteiger partial charge in [0.2, 0.25) is 5.90 Å². The molecule has 0 saturated carbocycles. The van der Waals surface area contributed by atoms with Gasteiger partial charge in [-0.25, -0.2) is 18.6 Å². The van der Waals surface area contributed by atoms with Crippen molar-refractivity contribution in [3.63, 3.8) is 0 Å². The zero-order chi connectivity index (χ0) is 24.2. The van der Waals surface area contributed by atoms with E-state index in [9.17, 15) is 18.4 Å². The molecule has 3 aromatic carbocycles. The number of rotatable bonds is 6. The summed E-state index contributed by atoms with van der Waals surface area (Å²) >= 11 is 0. The van der Waals surface area contributed by atoms with Crippen LogP contribution in [0.2, 0.25) is 0 Å². The van der Waals surface area contributed by atoms with Gasteiger partial charge in [-0.3, -0.25) is 4.79 Å². The van der Waals surface area contributed by atoms with E-state index in [1.165, 1.54) is 38.5 Å². The number of halogens is 2. The molecule has 0 atom stereocenters. The van der Waals surface area contributed by atoms with Gasteiger partial charge in [0.05, 0.1) is 14.2 Å². The Bertz CT molecular complexity index is 1310. The quantitative estimate of drug-likeness (QED) is 0.426. The smallest absolute Gasteiger partial charge is 0.363 e. The van der Waals surface area contributed by atoms with Crippen LogP contribution in [0.4, 0.5) is 14.5 Å². The fraction of sp³-hybridized carbons (Fsp3) is 0.0800. The van der Waals surface area contributed by atoms with E-state index in [0.29, 0.717) is 28.3 Å². The molecule has 1 heterocycles. The first-order valence-corrected chi connectivity index (χ1v) is 10.0. The lowest BCUT2D eigenvalue weighted by Crippen LogP contribution is -2.16. The van der Waals surface area contributed by atoms with Crippen LogP contribution in [0.25, 0.3) is 6.08 Å². The molecule has 4 rings (SSSR count). The van der Waals surface area contributed by atoms with Crippen molar-refractivity contribution in [3.05, 3.63) is 94.7 Å². The van der Waals surface area contributed by atoms with Gasteiger partial charge in [-0.1, -0.05) is 18.2 Å². The Kier molecular flexibility index (Phi) is 6.35. The predicted octanol–water partition coefficient (Wildman–Crippen LogP) is 4.58. The van der Waals surface area contributed by atoms with Crippen molar-refractivity contribution in [1.29, 1.82) is 0 Å². The standard InChI is InChI=1S/C25H18F2N2O5/c1-32-20-8-3-5-15(22(20)33-2)13-19-25(31)34-24(29-19)14-9-11-16(12-10-14)28-23(30)21-17(26)6-4-7-18(21)27/h3-13H,1-2H3,(H,28,30)/b19-13-. The molecule has 1 amide bonds. The Hall–Kier alpha value is -4.53. The molecule has 0 radical (unpaired) electrons. The number of esters is 1. The molecular formula is C25H18F2N2O5. The van der Waals surface area contributed by atoms with E-state index in [-0.39, 0.29) is 11.6 Å². The summed E-state index contributed by atoms with van der Waals surface area (Å²) in [6.07, 6.45) is 1.52. The molecule has 0 bridgehead atoms. The molecule has 7 nitrogen and oxygen atoms in total. The molecule has 0 spiro atoms. The molecular weight excluding hydrogens is 446 g/mol. The van der Waals surface area contributed by atoms with E-state index in [0.717, 1.165) is 12.1 Å². The van der Waals surface area contributed by atoms with E-state index in [1.54, 1.807) is 30.3 Å². The maximum Gasteiger partial charge on any atom is 0.363 e. The third kappa shape index (κ3) is 4.49. The average molecular weight is 464 g/mol. The highest BCUT2D eigenvalue weighted by molar-refractivity contribution is 6.13. The molecule has 0 saturated heterocycles. The van der Waals surface area contributed by atoms with Crippen LogP contribution in [0.5, 0.6) is 11.5 Å². The van der Waals surface area contributed by atoms with Crippen LogP contribution < -0.4 is 14.8 Å². The van der Waals surface area contributed by atoms with Gasteiger partial charge in [-0.15, -0.1) is 0 Å². The summed E-state index contributed by atoms with van der Waals surface area (Å²) in [5.41, 5.74) is 0.720. The van der Waals surface area contributed by atoms with Gasteiger partial charge >= 0.3 is 5.97 Å². The van der Waals surface area contributed by atoms with Crippen molar-refractivity contribution in [2.24, 2.45) is 4.99 Å². The first-order valence-electron chi connectivity index (χ1n) is 10.0. The van der Waals surface area contributed by atoms with Gasteiger partial charge in [-0.05, 0) is 48.5 Å². The number of benzene rings is 3. The molecule has 3 aromatic rings. The van der Waals surface area contributed by atoms with E-state index < -0.39 is 29.1 Å². The molecule has 172 valence electrons. The minimum absolute atomic E-state index is 0.0639. The number of anilines is 1. The number of amides is 1. The SMILES string of the molecule is COc1cccc(/C=C2\N=C(c3ccc(NC(=O)c4c(F)cccc4F)cc3)OC2=O)c1OC. The van der Waals surface area contributed by atoms with Crippen LogP contribution in [0.15, 0.2) is 71.4 Å². The lowest BCUT2D eigenvalue weighted by Gasteiger charge is -2.09. The summed E-state index contributed by atoms with van der Waals surface area (Å²) in [7, 11) is 3.00. The number of methoxy groups -OCH3 is 2. The number of ether oxygens (including phenoxy) is 3. The number of nitrogens with one attached hydrogen (secondary N) is 1. The zero-order valence-corrected chi connectivity index (χ0v) is 18.1. The maximum atomic E-state index is 13.8. The van der Waals surface area contributed by atoms with Crippen molar-refractivity contribution in [2.45, 2.75) is 0 Å². The normalized spacial score (nSPS) is 13.9. The van der Waals surface area contributed by atoms with E-state index in [1.807, 2.05) is 0 Å². The van der Waals surface area contributed by atoms with Gasteiger partial charge < -0.3 is 19.5 Å². The van der Waals surface area contributed by atoms with Crippen molar-refractivity contribution in [2.75, 3.05) is 19.5 Å². The highest BCUT2D eigenvalue weighted by Gasteiger charge is 2.25. The van der Waals surface area contributed by atoms with E-state index in [4.69, 9.17) is 14.2 Å². The molecule has 0 aromatic heterocycles. The lowest BCUT2D eigenvalue weighted by molar-refractivity contribution is -0.129. The minimum atomic E-state index is -0.965. The summed E-state index contributed by atoms with van der Waals surface area (Å²) in [5.74, 6) is -2.49. The second kappa shape index (κ2) is 9.53. The topological polar surface area (TPSA) is 86.2 Å². The van der Waals surface area contributed by atoms with Crippen molar-refractivity contribution < 1.29 is 32.6 Å². The van der Waals surface area contributed by atoms with Crippen LogP contribution >= 0.6 is 0 Å². The summed E-state index contributed by atoms with van der Waals surface area (Å²) in [6, 6.07) is 14.5. The monoisotopic (exact) mass is 464 g/mol. The largest absolute Gasteiger partial charge is 0.493 e. The van der Waals surface area contributed by atoms with Crippen LogP contribution in [0.3, 0.4) is 0 Å². The van der Waals surface area contributed by atoms with Gasteiger partial charge in [0, 0.05) is 16.8 Å². The highest BCUT2D eigenvalue weighted by Crippen LogP contribution is 2.33. The lowest BCUT2D eigenvalue weighted by atomic mass is 10.1. The third-order valence-corrected chi connectivity index (χ3v) is 4.93. The summed E-state index contributed by atoms with van der Waals surface area (Å²) in [5, 5.41) is 2.43. The molecule has 0 aliphatic carbocycles. The number of nitrogens with zero attached hydrogens (tertiary/aromatic N) is 1. The molecule has 9 heteroatoms. The molecule has 1 aliphatic heterocycles. The Morgan fingerprint density at radius 1 is 0.971 bits per heavy atom. The van der Waals surface area contributed by atoms with Gasteiger partial charge in [0.25, 0.3) is 5.91 Å². The fourth-order valence-electron chi connectivity index (χ4n) is 3.31. The van der Waals surface area contributed by atoms with Gasteiger partial charge in [0.1, 0.15) is 17.2 Å². The second-order valence-corrected chi connectivity index (χ2v) is 7.05. The summed E-state index contributed by atoms with van der Waals surface area (Å²) in [4.78, 5) is 28.8. The van der Waals surface area contributed by atoms with Crippen LogP contribution in [0, 0.1) is 11.6 Å². The summed E-state index contributed by atoms with van der Waals surface area (Å²) in [6.45, 7) is 0. The van der Waals surface area contributed by atoms with E-state index in [2.05, 4.69) is 10.3 Å². The number of carbonyl (C=O) groups is 2. The first-order chi connectivity index (χ1) is 16.4. The number of carbonyl (C=O) groups excluding carboxylic acids is 2. The minimum Gasteiger partial charge on any atom is -0.493 e. The average Bonchev–Trinajstić information content (AvgIpc) is 3.19. The molecule has 0 unspecified atom stereocenters. The maximum absolute atomic E-state index is 13.8. The Morgan fingerprint density at radius 3 is 2.29 bits per heavy atom. The van der Waals surface area contributed by atoms with Gasteiger partial charge in [-0.2, -0.15) is 0 Å². The Balaban J connectivity index is 1.55. The summed E-state index contributed by atoms with van der Waals surface area (Å²) < 4.78 is 43.5. The fourth-order valence-corrected chi connectivity index (χ4v) is 3.31. The van der Waals surface area contributed by atoms with Gasteiger partial charge in [0.15, 0.2) is 17.2 Å². The van der Waals surface area contributed by atoms with Crippen molar-refractivity contribution in [3.8, 4) is 11.5 Å². The number of cyclic esters (lactones) is 1. The van der Waals surface area contributed by atoms with Crippen molar-refractivity contribution in [1.82, 2.24) is 0 Å². The Morgan fingerprint density at radius 2 is 1.65 bits per heavy atom. The van der Waals surface area contributed by atoms with E-state index >= 15 is 0 Å². The van der Waals surface area contributed by atoms with Crippen LogP contribution in [-0.4, -0.2) is 32.0 Å². The molecule has 1 N–H and O–H groups in total.